The average molecular weight is 352 g/mol. The van der Waals surface area contributed by atoms with E-state index < -0.39 is 11.7 Å². The van der Waals surface area contributed by atoms with E-state index in [1.54, 1.807) is 19.6 Å². The summed E-state index contributed by atoms with van der Waals surface area (Å²) < 4.78 is 1.90. The van der Waals surface area contributed by atoms with Gasteiger partial charge in [0.15, 0.2) is 5.65 Å². The molecule has 2 aromatic heterocycles. The molecule has 0 amide bonds. The van der Waals surface area contributed by atoms with Crippen LogP contribution in [-0.4, -0.2) is 41.4 Å². The maximum absolute atomic E-state index is 10.8. The van der Waals surface area contributed by atoms with E-state index in [1.165, 1.54) is 5.56 Å². The Hall–Kier alpha value is -2.31. The number of hydrogen-bond acceptors (Lipinski definition) is 5. The molecule has 6 nitrogen and oxygen atoms in total. The number of benzene rings is 1. The molecular formula is C20H24N4O2. The number of nitrogens with zero attached hydrogens (tertiary/aromatic N) is 4. The lowest BCUT2D eigenvalue weighted by Crippen LogP contribution is -2.42. The van der Waals surface area contributed by atoms with Gasteiger partial charge in [-0.3, -0.25) is 0 Å². The van der Waals surface area contributed by atoms with Crippen LogP contribution in [0.2, 0.25) is 0 Å². The number of aromatic nitrogens is 4. The van der Waals surface area contributed by atoms with Gasteiger partial charge in [-0.1, -0.05) is 37.3 Å². The van der Waals surface area contributed by atoms with Gasteiger partial charge in [-0.05, 0) is 37.7 Å². The van der Waals surface area contributed by atoms with E-state index in [0.717, 1.165) is 29.7 Å². The highest BCUT2D eigenvalue weighted by molar-refractivity contribution is 5.73. The maximum atomic E-state index is 10.8. The first-order valence-electron chi connectivity index (χ1n) is 9.09. The fourth-order valence-electron chi connectivity index (χ4n) is 4.11. The largest absolute Gasteiger partial charge is 0.390 e. The molecule has 4 atom stereocenters. The van der Waals surface area contributed by atoms with E-state index >= 15 is 0 Å². The van der Waals surface area contributed by atoms with Gasteiger partial charge >= 0.3 is 0 Å². The van der Waals surface area contributed by atoms with Crippen molar-refractivity contribution in [1.82, 2.24) is 19.5 Å². The molecular weight excluding hydrogens is 328 g/mol. The molecule has 1 aliphatic rings. The van der Waals surface area contributed by atoms with E-state index in [4.69, 9.17) is 0 Å². The molecule has 1 aliphatic carbocycles. The first kappa shape index (κ1) is 17.1. The molecule has 6 heteroatoms. The van der Waals surface area contributed by atoms with E-state index in [-0.39, 0.29) is 12.0 Å². The third-order valence-corrected chi connectivity index (χ3v) is 5.67. The first-order chi connectivity index (χ1) is 12.5. The number of hydrogen-bond donors (Lipinski definition) is 2. The van der Waals surface area contributed by atoms with Crippen LogP contribution in [0.4, 0.5) is 0 Å². The number of rotatable bonds is 4. The van der Waals surface area contributed by atoms with Gasteiger partial charge in [0.2, 0.25) is 0 Å². The molecule has 26 heavy (non-hydrogen) atoms. The fraction of sp³-hybridized carbons (Fsp3) is 0.450. The lowest BCUT2D eigenvalue weighted by Gasteiger charge is -2.29. The number of aliphatic hydroxyl groups excluding tert-OH is 1. The van der Waals surface area contributed by atoms with Crippen LogP contribution < -0.4 is 0 Å². The Morgan fingerprint density at radius 1 is 1.15 bits per heavy atom. The molecule has 2 N–H and O–H groups in total. The second-order valence-electron chi connectivity index (χ2n) is 7.53. The molecule has 1 saturated carbocycles. The zero-order valence-electron chi connectivity index (χ0n) is 15.1. The molecule has 0 aliphatic heterocycles. The van der Waals surface area contributed by atoms with Gasteiger partial charge in [0, 0.05) is 0 Å². The summed E-state index contributed by atoms with van der Waals surface area (Å²) in [4.78, 5) is 13.4. The minimum Gasteiger partial charge on any atom is -0.390 e. The van der Waals surface area contributed by atoms with Crippen LogP contribution in [0.1, 0.15) is 37.6 Å². The molecule has 0 bridgehead atoms. The summed E-state index contributed by atoms with van der Waals surface area (Å²) in [6.07, 6.45) is 4.86. The molecule has 1 aromatic carbocycles. The SMILES string of the molecule is C[C@@H]1C[C@@H](n2cnc3c(CCc4ccccc4)ncnc32)[C@](C)(O)[C@@H]1O. The third-order valence-electron chi connectivity index (χ3n) is 5.67. The topological polar surface area (TPSA) is 84.1 Å². The second-order valence-corrected chi connectivity index (χ2v) is 7.53. The van der Waals surface area contributed by atoms with E-state index in [2.05, 4.69) is 27.1 Å². The maximum Gasteiger partial charge on any atom is 0.163 e. The quantitative estimate of drug-likeness (QED) is 0.753. The van der Waals surface area contributed by atoms with Crippen LogP contribution in [0.25, 0.3) is 11.2 Å². The van der Waals surface area contributed by atoms with E-state index in [1.807, 2.05) is 29.7 Å². The third kappa shape index (κ3) is 2.79. The van der Waals surface area contributed by atoms with Gasteiger partial charge < -0.3 is 14.8 Å². The Labute approximate surface area is 152 Å². The van der Waals surface area contributed by atoms with Crippen LogP contribution in [-0.2, 0) is 12.8 Å². The standard InChI is InChI=1S/C20H24N4O2/c1-13-10-16(20(2,26)18(13)25)24-12-23-17-15(21-11-22-19(17)24)9-8-14-6-4-3-5-7-14/h3-7,11-13,16,18,25-26H,8-10H2,1-2H3/t13-,16-,18-,20+/m1/s1. The smallest absolute Gasteiger partial charge is 0.163 e. The molecule has 0 radical (unpaired) electrons. The van der Waals surface area contributed by atoms with Gasteiger partial charge in [0.05, 0.1) is 24.2 Å². The van der Waals surface area contributed by atoms with Crippen LogP contribution >= 0.6 is 0 Å². The zero-order valence-corrected chi connectivity index (χ0v) is 15.1. The second kappa shape index (κ2) is 6.45. The van der Waals surface area contributed by atoms with Gasteiger partial charge in [-0.15, -0.1) is 0 Å². The summed E-state index contributed by atoms with van der Waals surface area (Å²) in [6.45, 7) is 3.65. The summed E-state index contributed by atoms with van der Waals surface area (Å²) in [5.74, 6) is 0.0202. The number of aryl methyl sites for hydroxylation is 2. The molecule has 1 fully saturated rings. The monoisotopic (exact) mass is 352 g/mol. The molecule has 3 aromatic rings. The minimum atomic E-state index is -1.21. The summed E-state index contributed by atoms with van der Waals surface area (Å²) in [7, 11) is 0. The Balaban J connectivity index is 1.65. The number of aliphatic hydroxyl groups is 2. The molecule has 4 rings (SSSR count). The van der Waals surface area contributed by atoms with Gasteiger partial charge in [-0.25, -0.2) is 15.0 Å². The number of imidazole rings is 1. The summed E-state index contributed by atoms with van der Waals surface area (Å²) >= 11 is 0. The van der Waals surface area contributed by atoms with Crippen molar-refractivity contribution in [1.29, 1.82) is 0 Å². The zero-order chi connectivity index (χ0) is 18.3. The van der Waals surface area contributed by atoms with Crippen LogP contribution in [0, 0.1) is 5.92 Å². The molecule has 2 heterocycles. The van der Waals surface area contributed by atoms with Crippen molar-refractivity contribution in [2.45, 2.75) is 50.9 Å². The lowest BCUT2D eigenvalue weighted by atomic mass is 9.97. The van der Waals surface area contributed by atoms with E-state index in [9.17, 15) is 10.2 Å². The summed E-state index contributed by atoms with van der Waals surface area (Å²) in [6, 6.07) is 10.0. The molecule has 0 unspecified atom stereocenters. The van der Waals surface area contributed by atoms with Crippen LogP contribution in [0.15, 0.2) is 43.0 Å². The van der Waals surface area contributed by atoms with Crippen molar-refractivity contribution in [2.24, 2.45) is 5.92 Å². The molecule has 0 saturated heterocycles. The normalized spacial score (nSPS) is 28.7. The van der Waals surface area contributed by atoms with Gasteiger partial charge in [-0.2, -0.15) is 0 Å². The Kier molecular flexibility index (Phi) is 4.25. The van der Waals surface area contributed by atoms with Gasteiger partial charge in [0.1, 0.15) is 17.4 Å². The predicted octanol–water partition coefficient (Wildman–Crippen LogP) is 2.30. The van der Waals surface area contributed by atoms with Crippen LogP contribution in [0.5, 0.6) is 0 Å². The Morgan fingerprint density at radius 3 is 2.62 bits per heavy atom. The highest BCUT2D eigenvalue weighted by Crippen LogP contribution is 2.43. The summed E-state index contributed by atoms with van der Waals surface area (Å²) in [5.41, 5.74) is 2.45. The van der Waals surface area contributed by atoms with Crippen molar-refractivity contribution in [2.75, 3.05) is 0 Å². The van der Waals surface area contributed by atoms with Crippen molar-refractivity contribution >= 4 is 11.2 Å². The van der Waals surface area contributed by atoms with Crippen LogP contribution in [0.3, 0.4) is 0 Å². The van der Waals surface area contributed by atoms with E-state index in [0.29, 0.717) is 6.42 Å². The highest BCUT2D eigenvalue weighted by atomic mass is 16.3. The molecule has 0 spiro atoms. The fourth-order valence-corrected chi connectivity index (χ4v) is 4.11. The average Bonchev–Trinajstić information content (AvgIpc) is 3.16. The van der Waals surface area contributed by atoms with Crippen molar-refractivity contribution in [3.8, 4) is 0 Å². The van der Waals surface area contributed by atoms with Gasteiger partial charge in [0.25, 0.3) is 0 Å². The van der Waals surface area contributed by atoms with Crippen molar-refractivity contribution in [3.05, 3.63) is 54.2 Å². The number of fused-ring (bicyclic) bond motifs is 1. The highest BCUT2D eigenvalue weighted by Gasteiger charge is 2.50. The Bertz CT molecular complexity index is 907. The summed E-state index contributed by atoms with van der Waals surface area (Å²) in [5, 5.41) is 21.1. The predicted molar refractivity (Wildman–Crippen MR) is 98.6 cm³/mol. The first-order valence-corrected chi connectivity index (χ1v) is 9.09. The molecule has 136 valence electrons. The van der Waals surface area contributed by atoms with Crippen molar-refractivity contribution < 1.29 is 10.2 Å². The minimum absolute atomic E-state index is 0.0202. The van der Waals surface area contributed by atoms with Crippen molar-refractivity contribution in [3.63, 3.8) is 0 Å². The Morgan fingerprint density at radius 2 is 1.92 bits per heavy atom. The lowest BCUT2D eigenvalue weighted by molar-refractivity contribution is -0.0711.